The Labute approximate surface area is 105 Å². The highest BCUT2D eigenvalue weighted by Gasteiger charge is 2.20. The van der Waals surface area contributed by atoms with Gasteiger partial charge in [0.2, 0.25) is 0 Å². The molecule has 1 saturated carbocycles. The molecule has 2 aromatic heterocycles. The molecule has 17 heavy (non-hydrogen) atoms. The molecular weight excluding hydrogens is 230 g/mol. The lowest BCUT2D eigenvalue weighted by Gasteiger charge is -2.05. The molecular formula is C13H17N3S. The smallest absolute Gasteiger partial charge is 0.0670 e. The Morgan fingerprint density at radius 1 is 1.53 bits per heavy atom. The van der Waals surface area contributed by atoms with E-state index in [1.54, 1.807) is 11.3 Å². The van der Waals surface area contributed by atoms with Gasteiger partial charge in [0.1, 0.15) is 0 Å². The van der Waals surface area contributed by atoms with E-state index in [2.05, 4.69) is 38.8 Å². The molecule has 1 aliphatic rings. The minimum Gasteiger partial charge on any atom is -0.310 e. The van der Waals surface area contributed by atoms with Crippen molar-refractivity contribution < 1.29 is 0 Å². The fourth-order valence-electron chi connectivity index (χ4n) is 1.92. The Bertz CT molecular complexity index is 483. The number of nitrogens with zero attached hydrogens (tertiary/aromatic N) is 2. The molecule has 0 unspecified atom stereocenters. The predicted molar refractivity (Wildman–Crippen MR) is 70.2 cm³/mol. The summed E-state index contributed by atoms with van der Waals surface area (Å²) in [5.74, 6) is 0. The average molecular weight is 247 g/mol. The van der Waals surface area contributed by atoms with Crippen molar-refractivity contribution in [1.29, 1.82) is 0 Å². The molecule has 0 saturated heterocycles. The van der Waals surface area contributed by atoms with Gasteiger partial charge in [-0.2, -0.15) is 16.4 Å². The summed E-state index contributed by atoms with van der Waals surface area (Å²) in [5, 5.41) is 12.3. The van der Waals surface area contributed by atoms with E-state index in [9.17, 15) is 0 Å². The van der Waals surface area contributed by atoms with Crippen LogP contribution in [0.25, 0.3) is 0 Å². The summed E-state index contributed by atoms with van der Waals surface area (Å²) in [5.41, 5.74) is 3.94. The first-order valence-electron chi connectivity index (χ1n) is 6.08. The standard InChI is InChI=1S/C13H17N3S/c1-10-12(6-14-13-2-3-13)7-15-16(10)8-11-4-5-17-9-11/h4-5,7,9,13-14H,2-3,6,8H2,1H3. The first-order valence-corrected chi connectivity index (χ1v) is 7.03. The van der Waals surface area contributed by atoms with Gasteiger partial charge in [-0.3, -0.25) is 4.68 Å². The number of aromatic nitrogens is 2. The van der Waals surface area contributed by atoms with E-state index < -0.39 is 0 Å². The van der Waals surface area contributed by atoms with E-state index in [4.69, 9.17) is 0 Å². The topological polar surface area (TPSA) is 29.9 Å². The Kier molecular flexibility index (Phi) is 2.99. The number of nitrogens with one attached hydrogen (secondary N) is 1. The van der Waals surface area contributed by atoms with Crippen molar-refractivity contribution in [3.8, 4) is 0 Å². The van der Waals surface area contributed by atoms with Crippen LogP contribution in [0.4, 0.5) is 0 Å². The van der Waals surface area contributed by atoms with Crippen molar-refractivity contribution in [3.05, 3.63) is 39.8 Å². The van der Waals surface area contributed by atoms with Gasteiger partial charge >= 0.3 is 0 Å². The van der Waals surface area contributed by atoms with Crippen molar-refractivity contribution in [2.24, 2.45) is 0 Å². The summed E-state index contributed by atoms with van der Waals surface area (Å²) in [6.07, 6.45) is 4.67. The van der Waals surface area contributed by atoms with Gasteiger partial charge in [-0.1, -0.05) is 0 Å². The predicted octanol–water partition coefficient (Wildman–Crippen LogP) is 2.55. The number of hydrogen-bond acceptors (Lipinski definition) is 3. The van der Waals surface area contributed by atoms with Gasteiger partial charge in [-0.05, 0) is 42.2 Å². The lowest BCUT2D eigenvalue weighted by Crippen LogP contribution is -2.15. The van der Waals surface area contributed by atoms with E-state index >= 15 is 0 Å². The van der Waals surface area contributed by atoms with Gasteiger partial charge < -0.3 is 5.32 Å². The molecule has 4 heteroatoms. The van der Waals surface area contributed by atoms with Crippen LogP contribution in [0.5, 0.6) is 0 Å². The first kappa shape index (κ1) is 11.0. The zero-order valence-electron chi connectivity index (χ0n) is 10.0. The second-order valence-electron chi connectivity index (χ2n) is 4.70. The van der Waals surface area contributed by atoms with Crippen molar-refractivity contribution in [2.75, 3.05) is 0 Å². The molecule has 0 aromatic carbocycles. The van der Waals surface area contributed by atoms with E-state index in [1.807, 2.05) is 6.20 Å². The van der Waals surface area contributed by atoms with Crippen molar-refractivity contribution in [3.63, 3.8) is 0 Å². The fraction of sp³-hybridized carbons (Fsp3) is 0.462. The summed E-state index contributed by atoms with van der Waals surface area (Å²) in [6, 6.07) is 2.92. The summed E-state index contributed by atoms with van der Waals surface area (Å²) in [7, 11) is 0. The van der Waals surface area contributed by atoms with Crippen LogP contribution in [0.3, 0.4) is 0 Å². The zero-order chi connectivity index (χ0) is 11.7. The lowest BCUT2D eigenvalue weighted by atomic mass is 10.2. The van der Waals surface area contributed by atoms with Crippen LogP contribution >= 0.6 is 11.3 Å². The Balaban J connectivity index is 1.68. The maximum absolute atomic E-state index is 4.47. The monoisotopic (exact) mass is 247 g/mol. The van der Waals surface area contributed by atoms with Gasteiger partial charge in [-0.25, -0.2) is 0 Å². The van der Waals surface area contributed by atoms with Crippen LogP contribution < -0.4 is 5.32 Å². The van der Waals surface area contributed by atoms with Crippen molar-refractivity contribution in [1.82, 2.24) is 15.1 Å². The van der Waals surface area contributed by atoms with Crippen LogP contribution in [0, 0.1) is 6.92 Å². The van der Waals surface area contributed by atoms with Crippen molar-refractivity contribution in [2.45, 2.75) is 38.9 Å². The van der Waals surface area contributed by atoms with E-state index in [0.29, 0.717) is 0 Å². The van der Waals surface area contributed by atoms with Crippen molar-refractivity contribution >= 4 is 11.3 Å². The van der Waals surface area contributed by atoms with Gasteiger partial charge in [0.15, 0.2) is 0 Å². The highest BCUT2D eigenvalue weighted by Crippen LogP contribution is 2.20. The van der Waals surface area contributed by atoms with Gasteiger partial charge in [-0.15, -0.1) is 0 Å². The maximum atomic E-state index is 4.47. The van der Waals surface area contributed by atoms with Crippen LogP contribution in [0.1, 0.15) is 29.7 Å². The molecule has 0 bridgehead atoms. The highest BCUT2D eigenvalue weighted by atomic mass is 32.1. The molecule has 0 aliphatic heterocycles. The largest absolute Gasteiger partial charge is 0.310 e. The molecule has 3 nitrogen and oxygen atoms in total. The highest BCUT2D eigenvalue weighted by molar-refractivity contribution is 7.07. The Hall–Kier alpha value is -1.13. The Morgan fingerprint density at radius 2 is 2.41 bits per heavy atom. The third kappa shape index (κ3) is 2.58. The molecule has 0 atom stereocenters. The average Bonchev–Trinajstić information content (AvgIpc) is 2.90. The lowest BCUT2D eigenvalue weighted by molar-refractivity contribution is 0.655. The quantitative estimate of drug-likeness (QED) is 0.880. The molecule has 90 valence electrons. The third-order valence-corrected chi connectivity index (χ3v) is 4.01. The van der Waals surface area contributed by atoms with Gasteiger partial charge in [0, 0.05) is 23.8 Å². The molecule has 1 fully saturated rings. The van der Waals surface area contributed by atoms with E-state index in [0.717, 1.165) is 19.1 Å². The molecule has 0 amide bonds. The summed E-state index contributed by atoms with van der Waals surface area (Å²) in [6.45, 7) is 4.00. The second kappa shape index (κ2) is 4.63. The number of rotatable bonds is 5. The molecule has 2 heterocycles. The third-order valence-electron chi connectivity index (χ3n) is 3.28. The van der Waals surface area contributed by atoms with E-state index in [-0.39, 0.29) is 0 Å². The van der Waals surface area contributed by atoms with Gasteiger partial charge in [0.05, 0.1) is 12.7 Å². The summed E-state index contributed by atoms with van der Waals surface area (Å²) < 4.78 is 2.09. The molecule has 1 N–H and O–H groups in total. The SMILES string of the molecule is Cc1c(CNC2CC2)cnn1Cc1ccsc1. The van der Waals surface area contributed by atoms with Crippen LogP contribution in [0.2, 0.25) is 0 Å². The maximum Gasteiger partial charge on any atom is 0.0670 e. The number of thiophene rings is 1. The Morgan fingerprint density at radius 3 is 3.12 bits per heavy atom. The second-order valence-corrected chi connectivity index (χ2v) is 5.48. The van der Waals surface area contributed by atoms with Crippen LogP contribution in [-0.4, -0.2) is 15.8 Å². The number of hydrogen-bond donors (Lipinski definition) is 1. The van der Waals surface area contributed by atoms with E-state index in [1.165, 1.54) is 29.7 Å². The minimum absolute atomic E-state index is 0.759. The minimum atomic E-state index is 0.759. The molecule has 0 radical (unpaired) electrons. The molecule has 1 aliphatic carbocycles. The molecule has 2 aromatic rings. The normalized spacial score (nSPS) is 15.4. The summed E-state index contributed by atoms with van der Waals surface area (Å²) in [4.78, 5) is 0. The van der Waals surface area contributed by atoms with Crippen LogP contribution in [0.15, 0.2) is 23.0 Å². The fourth-order valence-corrected chi connectivity index (χ4v) is 2.58. The molecule has 0 spiro atoms. The zero-order valence-corrected chi connectivity index (χ0v) is 10.8. The van der Waals surface area contributed by atoms with Crippen LogP contribution in [-0.2, 0) is 13.1 Å². The van der Waals surface area contributed by atoms with Gasteiger partial charge in [0.25, 0.3) is 0 Å². The summed E-state index contributed by atoms with van der Waals surface area (Å²) >= 11 is 1.74. The molecule has 3 rings (SSSR count). The first-order chi connectivity index (χ1) is 8.33.